The summed E-state index contributed by atoms with van der Waals surface area (Å²) in [6.45, 7) is -0.261. The molecule has 2 unspecified atom stereocenters. The van der Waals surface area contributed by atoms with E-state index < -0.39 is 24.2 Å². The fourth-order valence-corrected chi connectivity index (χ4v) is 2.31. The molecule has 1 saturated carbocycles. The zero-order chi connectivity index (χ0) is 15.6. The summed E-state index contributed by atoms with van der Waals surface area (Å²) >= 11 is 0. The third-order valence-corrected chi connectivity index (χ3v) is 3.42. The molecule has 3 N–H and O–H groups in total. The molecule has 1 aliphatic carbocycles. The van der Waals surface area contributed by atoms with E-state index in [0.29, 0.717) is 12.8 Å². The molecule has 2 atom stereocenters. The highest BCUT2D eigenvalue weighted by Crippen LogP contribution is 2.39. The monoisotopic (exact) mass is 306 g/mol. The Bertz CT molecular complexity index is 327. The van der Waals surface area contributed by atoms with Crippen LogP contribution in [0.1, 0.15) is 25.7 Å². The van der Waals surface area contributed by atoms with Gasteiger partial charge in [0.1, 0.15) is 0 Å². The number of carbonyl (C=O) groups excluding carboxylic acids is 1. The molecule has 0 heterocycles. The zero-order valence-corrected chi connectivity index (χ0v) is 10.5. The number of amides is 1. The summed E-state index contributed by atoms with van der Waals surface area (Å²) in [4.78, 5) is 11.2. The second-order valence-electron chi connectivity index (χ2n) is 4.97. The van der Waals surface area contributed by atoms with Crippen molar-refractivity contribution in [3.63, 3.8) is 0 Å². The minimum Gasteiger partial charge on any atom is -0.355 e. The standard InChI is InChI=1S/C11H16F6N2O/c12-10(13,14)8(11(15,16)17)9(20)19-5-6-3-1-2-4-7(6)18/h6-8H,1-5,18H2,(H,19,20). The second kappa shape index (κ2) is 6.19. The molecule has 0 aromatic rings. The van der Waals surface area contributed by atoms with Crippen molar-refractivity contribution in [1.82, 2.24) is 5.32 Å². The summed E-state index contributed by atoms with van der Waals surface area (Å²) in [7, 11) is 0. The van der Waals surface area contributed by atoms with Gasteiger partial charge >= 0.3 is 12.4 Å². The van der Waals surface area contributed by atoms with Crippen LogP contribution in [0, 0.1) is 11.8 Å². The second-order valence-corrected chi connectivity index (χ2v) is 4.97. The summed E-state index contributed by atoms with van der Waals surface area (Å²) in [5.74, 6) is -6.34. The van der Waals surface area contributed by atoms with E-state index in [0.717, 1.165) is 12.8 Å². The normalized spacial score (nSPS) is 24.8. The molecule has 0 aromatic carbocycles. The smallest absolute Gasteiger partial charge is 0.355 e. The lowest BCUT2D eigenvalue weighted by Gasteiger charge is -2.29. The van der Waals surface area contributed by atoms with Crippen molar-refractivity contribution in [1.29, 1.82) is 0 Å². The van der Waals surface area contributed by atoms with Gasteiger partial charge in [-0.05, 0) is 18.8 Å². The fraction of sp³-hybridized carbons (Fsp3) is 0.909. The van der Waals surface area contributed by atoms with E-state index >= 15 is 0 Å². The van der Waals surface area contributed by atoms with Crippen molar-refractivity contribution in [3.05, 3.63) is 0 Å². The van der Waals surface area contributed by atoms with Crippen molar-refractivity contribution in [2.75, 3.05) is 6.54 Å². The molecule has 1 fully saturated rings. The quantitative estimate of drug-likeness (QED) is 0.787. The van der Waals surface area contributed by atoms with E-state index in [1.54, 1.807) is 5.32 Å². The molecule has 1 rings (SSSR count). The van der Waals surface area contributed by atoms with Gasteiger partial charge in [0.25, 0.3) is 0 Å². The lowest BCUT2D eigenvalue weighted by atomic mass is 9.85. The van der Waals surface area contributed by atoms with Crippen LogP contribution in [0.25, 0.3) is 0 Å². The molecule has 1 amide bonds. The lowest BCUT2D eigenvalue weighted by molar-refractivity contribution is -0.274. The Labute approximate surface area is 111 Å². The predicted octanol–water partition coefficient (Wildman–Crippen LogP) is 2.36. The Hall–Kier alpha value is -0.990. The van der Waals surface area contributed by atoms with Crippen LogP contribution < -0.4 is 11.1 Å². The van der Waals surface area contributed by atoms with Crippen LogP contribution >= 0.6 is 0 Å². The third-order valence-electron chi connectivity index (χ3n) is 3.42. The number of alkyl halides is 6. The van der Waals surface area contributed by atoms with Gasteiger partial charge in [0.2, 0.25) is 11.8 Å². The molecule has 0 radical (unpaired) electrons. The Morgan fingerprint density at radius 1 is 1.10 bits per heavy atom. The fourth-order valence-electron chi connectivity index (χ4n) is 2.31. The summed E-state index contributed by atoms with van der Waals surface area (Å²) in [5.41, 5.74) is 5.72. The largest absolute Gasteiger partial charge is 0.409 e. The average molecular weight is 306 g/mol. The van der Waals surface area contributed by atoms with Gasteiger partial charge in [-0.1, -0.05) is 12.8 Å². The van der Waals surface area contributed by atoms with Crippen LogP contribution in [0.3, 0.4) is 0 Å². The van der Waals surface area contributed by atoms with E-state index in [4.69, 9.17) is 5.73 Å². The first-order chi connectivity index (χ1) is 9.03. The van der Waals surface area contributed by atoms with Gasteiger partial charge in [-0.15, -0.1) is 0 Å². The van der Waals surface area contributed by atoms with E-state index in [2.05, 4.69) is 0 Å². The first-order valence-electron chi connectivity index (χ1n) is 6.20. The SMILES string of the molecule is NC1CCCCC1CNC(=O)C(C(F)(F)F)C(F)(F)F. The highest BCUT2D eigenvalue weighted by atomic mass is 19.4. The minimum absolute atomic E-state index is 0.261. The number of carbonyl (C=O) groups is 1. The Morgan fingerprint density at radius 2 is 1.60 bits per heavy atom. The maximum atomic E-state index is 12.3. The van der Waals surface area contributed by atoms with Gasteiger partial charge < -0.3 is 11.1 Å². The lowest BCUT2D eigenvalue weighted by Crippen LogP contribution is -2.50. The maximum absolute atomic E-state index is 12.3. The molecule has 0 saturated heterocycles. The van der Waals surface area contributed by atoms with Crippen molar-refractivity contribution in [2.45, 2.75) is 44.1 Å². The van der Waals surface area contributed by atoms with Crippen LogP contribution in [-0.4, -0.2) is 30.8 Å². The summed E-state index contributed by atoms with van der Waals surface area (Å²) in [5, 5.41) is 1.74. The Balaban J connectivity index is 2.63. The van der Waals surface area contributed by atoms with Crippen molar-refractivity contribution in [3.8, 4) is 0 Å². The topological polar surface area (TPSA) is 55.1 Å². The molecule has 0 bridgehead atoms. The van der Waals surface area contributed by atoms with E-state index in [-0.39, 0.29) is 18.5 Å². The highest BCUT2D eigenvalue weighted by Gasteiger charge is 2.61. The van der Waals surface area contributed by atoms with Crippen LogP contribution in [0.15, 0.2) is 0 Å². The Morgan fingerprint density at radius 3 is 2.05 bits per heavy atom. The van der Waals surface area contributed by atoms with Gasteiger partial charge in [-0.3, -0.25) is 4.79 Å². The number of nitrogens with two attached hydrogens (primary N) is 1. The van der Waals surface area contributed by atoms with Gasteiger partial charge in [0.15, 0.2) is 0 Å². The van der Waals surface area contributed by atoms with Gasteiger partial charge in [-0.25, -0.2) is 0 Å². The first kappa shape index (κ1) is 17.1. The Kier molecular flexibility index (Phi) is 5.28. The van der Waals surface area contributed by atoms with Gasteiger partial charge in [0.05, 0.1) is 0 Å². The summed E-state index contributed by atoms with van der Waals surface area (Å²) in [6.07, 6.45) is -8.39. The number of rotatable bonds is 3. The zero-order valence-electron chi connectivity index (χ0n) is 10.5. The molecular formula is C11H16F6N2O. The predicted molar refractivity (Wildman–Crippen MR) is 58.5 cm³/mol. The van der Waals surface area contributed by atoms with Crippen LogP contribution in [0.4, 0.5) is 26.3 Å². The van der Waals surface area contributed by atoms with E-state index in [1.165, 1.54) is 0 Å². The van der Waals surface area contributed by atoms with Crippen molar-refractivity contribution >= 4 is 5.91 Å². The molecule has 0 aromatic heterocycles. The molecule has 3 nitrogen and oxygen atoms in total. The molecular weight excluding hydrogens is 290 g/mol. The highest BCUT2D eigenvalue weighted by molar-refractivity contribution is 5.80. The van der Waals surface area contributed by atoms with Crippen LogP contribution in [0.2, 0.25) is 0 Å². The third kappa shape index (κ3) is 4.53. The van der Waals surface area contributed by atoms with Gasteiger partial charge in [0, 0.05) is 12.6 Å². The van der Waals surface area contributed by atoms with Crippen molar-refractivity contribution in [2.24, 2.45) is 17.6 Å². The van der Waals surface area contributed by atoms with E-state index in [1.807, 2.05) is 0 Å². The molecule has 0 spiro atoms. The molecule has 0 aliphatic heterocycles. The number of hydrogen-bond donors (Lipinski definition) is 2. The molecule has 20 heavy (non-hydrogen) atoms. The molecule has 1 aliphatic rings. The maximum Gasteiger partial charge on any atom is 0.409 e. The summed E-state index contributed by atoms with van der Waals surface area (Å²) in [6, 6.07) is -0.306. The van der Waals surface area contributed by atoms with Crippen LogP contribution in [-0.2, 0) is 4.79 Å². The van der Waals surface area contributed by atoms with Crippen LogP contribution in [0.5, 0.6) is 0 Å². The first-order valence-corrected chi connectivity index (χ1v) is 6.20. The van der Waals surface area contributed by atoms with Crippen molar-refractivity contribution < 1.29 is 31.1 Å². The number of halogens is 6. The number of nitrogens with one attached hydrogen (secondary N) is 1. The van der Waals surface area contributed by atoms with Gasteiger partial charge in [-0.2, -0.15) is 26.3 Å². The number of hydrogen-bond acceptors (Lipinski definition) is 2. The molecule has 118 valence electrons. The minimum atomic E-state index is -5.66. The average Bonchev–Trinajstić information content (AvgIpc) is 2.23. The van der Waals surface area contributed by atoms with E-state index in [9.17, 15) is 31.1 Å². The summed E-state index contributed by atoms with van der Waals surface area (Å²) < 4.78 is 73.8. The molecule has 9 heteroatoms.